The first-order valence-corrected chi connectivity index (χ1v) is 20.5. The first-order valence-electron chi connectivity index (χ1n) is 25.5. The third kappa shape index (κ3) is 7.42. The van der Waals surface area contributed by atoms with Crippen LogP contribution in [0, 0.1) is 18.5 Å². The molecule has 0 aliphatic heterocycles. The summed E-state index contributed by atoms with van der Waals surface area (Å²) in [4.78, 5) is 4.87. The quantitative estimate of drug-likeness (QED) is 0.112. The van der Waals surface area contributed by atoms with Gasteiger partial charge in [-0.15, -0.1) is 29.7 Å². The Morgan fingerprint density at radius 1 is 0.594 bits per heavy atom. The number of benzene rings is 8. The van der Waals surface area contributed by atoms with Gasteiger partial charge in [0.2, 0.25) is 0 Å². The van der Waals surface area contributed by atoms with Gasteiger partial charge in [-0.3, -0.25) is 4.57 Å². The van der Waals surface area contributed by atoms with E-state index in [1.165, 1.54) is 0 Å². The fourth-order valence-electron chi connectivity index (χ4n) is 8.15. The minimum Gasteiger partial charge on any atom is -0.510 e. The molecule has 5 nitrogen and oxygen atoms in total. The Kier molecular flexibility index (Phi) is 8.03. The fourth-order valence-corrected chi connectivity index (χ4v) is 8.15. The molecular formula is C58H42N4OPt-2. The Labute approximate surface area is 401 Å². The van der Waals surface area contributed by atoms with E-state index in [9.17, 15) is 0 Å². The van der Waals surface area contributed by atoms with E-state index in [1.54, 1.807) is 39.5 Å². The molecule has 0 radical (unpaired) electrons. The maximum atomic E-state index is 9.02. The fraction of sp³-hybridized carbons (Fsp3) is 0.0690. The Morgan fingerprint density at radius 3 is 2.02 bits per heavy atom. The van der Waals surface area contributed by atoms with Gasteiger partial charge in [0.05, 0.1) is 30.4 Å². The van der Waals surface area contributed by atoms with Crippen LogP contribution in [0.15, 0.2) is 200 Å². The van der Waals surface area contributed by atoms with Crippen LogP contribution in [-0.2, 0) is 26.5 Å². The number of pyridine rings is 1. The molecule has 64 heavy (non-hydrogen) atoms. The summed E-state index contributed by atoms with van der Waals surface area (Å²) in [5, 5.41) is 1.99. The van der Waals surface area contributed by atoms with E-state index in [0.29, 0.717) is 28.2 Å². The van der Waals surface area contributed by atoms with Gasteiger partial charge in [-0.1, -0.05) is 172 Å². The summed E-state index contributed by atoms with van der Waals surface area (Å²) in [5.41, 5.74) is 6.71. The molecule has 0 spiro atoms. The number of ether oxygens (including phenoxy) is 1. The van der Waals surface area contributed by atoms with Crippen molar-refractivity contribution in [3.63, 3.8) is 0 Å². The van der Waals surface area contributed by atoms with Gasteiger partial charge >= 0.3 is 0 Å². The molecule has 0 aliphatic rings. The van der Waals surface area contributed by atoms with Gasteiger partial charge in [-0.05, 0) is 73.6 Å². The second-order valence-electron chi connectivity index (χ2n) is 16.1. The van der Waals surface area contributed by atoms with E-state index in [1.807, 2.05) is 72.9 Å². The number of fused-ring (bicyclic) bond motifs is 4. The van der Waals surface area contributed by atoms with E-state index >= 15 is 0 Å². The third-order valence-electron chi connectivity index (χ3n) is 11.2. The first-order chi connectivity index (χ1) is 35.0. The molecule has 3 aromatic heterocycles. The molecule has 0 bridgehead atoms. The smallest absolute Gasteiger partial charge is 0.268 e. The Morgan fingerprint density at radius 2 is 1.28 bits per heavy atom. The van der Waals surface area contributed by atoms with Crippen molar-refractivity contribution >= 4 is 32.8 Å². The number of hydrogen-bond donors (Lipinski definition) is 0. The summed E-state index contributed by atoms with van der Waals surface area (Å²) < 4.78 is 99.2. The van der Waals surface area contributed by atoms with Gasteiger partial charge in [-0.2, -0.15) is 18.2 Å². The van der Waals surface area contributed by atoms with Gasteiger partial charge in [0, 0.05) is 44.3 Å². The van der Waals surface area contributed by atoms with Crippen LogP contribution >= 0.6 is 0 Å². The van der Waals surface area contributed by atoms with Crippen LogP contribution in [0.4, 0.5) is 0 Å². The van der Waals surface area contributed by atoms with Crippen LogP contribution in [0.3, 0.4) is 0 Å². The van der Waals surface area contributed by atoms with Crippen molar-refractivity contribution in [2.45, 2.75) is 26.2 Å². The largest absolute Gasteiger partial charge is 0.510 e. The molecule has 0 fully saturated rings. The molecule has 6 heteroatoms. The molecule has 0 amide bonds. The molecule has 0 N–H and O–H groups in total. The number of nitrogens with zero attached hydrogens (tertiary/aromatic N) is 4. The van der Waals surface area contributed by atoms with Crippen molar-refractivity contribution in [3.8, 4) is 62.1 Å². The molecule has 0 saturated carbocycles. The molecule has 0 aliphatic carbocycles. The summed E-state index contributed by atoms with van der Waals surface area (Å²) >= 11 is 0. The first kappa shape index (κ1) is 30.7. The predicted octanol–water partition coefficient (Wildman–Crippen LogP) is 13.9. The summed E-state index contributed by atoms with van der Waals surface area (Å²) in [7, 11) is 0. The van der Waals surface area contributed by atoms with E-state index in [-0.39, 0.29) is 54.4 Å². The van der Waals surface area contributed by atoms with E-state index in [2.05, 4.69) is 80.2 Å². The van der Waals surface area contributed by atoms with Crippen LogP contribution in [0.5, 0.6) is 11.5 Å². The number of hydrogen-bond acceptors (Lipinski definition) is 2. The molecule has 3 heterocycles. The van der Waals surface area contributed by atoms with Crippen LogP contribution in [0.2, 0.25) is 0 Å². The molecule has 0 atom stereocenters. The van der Waals surface area contributed by atoms with Gasteiger partial charge in [0.25, 0.3) is 6.33 Å². The van der Waals surface area contributed by atoms with Crippen molar-refractivity contribution in [3.05, 3.63) is 224 Å². The summed E-state index contributed by atoms with van der Waals surface area (Å²) in [6.45, 7) is 6.52. The second-order valence-corrected chi connectivity index (χ2v) is 16.1. The minimum absolute atomic E-state index is 0. The molecule has 11 rings (SSSR count). The van der Waals surface area contributed by atoms with Crippen LogP contribution in [-0.4, -0.2) is 14.1 Å². The molecule has 0 saturated heterocycles. The van der Waals surface area contributed by atoms with Crippen molar-refractivity contribution in [1.82, 2.24) is 14.1 Å². The number of rotatable bonds is 8. The van der Waals surface area contributed by atoms with Crippen LogP contribution in [0.1, 0.15) is 40.0 Å². The minimum atomic E-state index is -0.573. The zero-order chi connectivity index (χ0) is 51.2. The number of para-hydroxylation sites is 3. The van der Waals surface area contributed by atoms with Crippen molar-refractivity contribution in [2.75, 3.05) is 0 Å². The SMILES string of the molecule is [2H]c1c([2H])c([2H])c(-c2cccc(-c3c([2H])c([2H])c([2H])c([2H])c3[2H])c2-[n+]2[c-]n(-c3[c-]c(Oc4[c-]c5c(cc4)c4cc(-c6ccccc6)ccc4n5-c4cc(C(C)(C)C)ccn4)ccc3)c3ccccc32)c([2H])c1[2H].[Pt]. The average Bonchev–Trinajstić information content (AvgIpc) is 3.94. The normalized spacial score (nSPS) is 13.7. The predicted molar refractivity (Wildman–Crippen MR) is 255 cm³/mol. The third-order valence-corrected chi connectivity index (χ3v) is 11.2. The Bertz CT molecular complexity index is 3930. The van der Waals surface area contributed by atoms with Crippen LogP contribution in [0.25, 0.3) is 83.4 Å². The van der Waals surface area contributed by atoms with Gasteiger partial charge in [-0.25, -0.2) is 4.98 Å². The zero-order valence-electron chi connectivity index (χ0n) is 44.8. The van der Waals surface area contributed by atoms with Crippen molar-refractivity contribution in [2.24, 2.45) is 0 Å². The van der Waals surface area contributed by atoms with E-state index in [4.69, 9.17) is 23.4 Å². The van der Waals surface area contributed by atoms with Crippen molar-refractivity contribution < 1.29 is 44.1 Å². The standard InChI is InChI=1S/C58H42N4O.Pt/c1-58(2,3)44-33-34-59-56(36-44)62-52-32-29-43(40-17-7-4-8-18-40)35-51(52)50-31-30-47(38-55(50)62)63-46-24-15-23-45(37-46)60-39-61(54-28-14-13-27-53(54)60)57-48(41-19-9-5-10-20-41)25-16-26-49(57)42-21-11-6-12-22-42;/h4-36H,1-3H3;/q-2;/i5D,6D,9D,10D,11D,12D,19D,20D,21D,22D;. The number of aromatic nitrogens is 4. The summed E-state index contributed by atoms with van der Waals surface area (Å²) in [6.07, 6.45) is 5.25. The maximum Gasteiger partial charge on any atom is 0.268 e. The second kappa shape index (κ2) is 16.7. The van der Waals surface area contributed by atoms with Gasteiger partial charge in [0.15, 0.2) is 0 Å². The maximum absolute atomic E-state index is 9.02. The molecular weight excluding hydrogens is 964 g/mol. The molecule has 0 unspecified atom stereocenters. The number of imidazole rings is 1. The monoisotopic (exact) mass is 1020 g/mol. The van der Waals surface area contributed by atoms with E-state index < -0.39 is 60.4 Å². The van der Waals surface area contributed by atoms with E-state index in [0.717, 1.165) is 44.3 Å². The van der Waals surface area contributed by atoms with Crippen LogP contribution < -0.4 is 9.30 Å². The van der Waals surface area contributed by atoms with Gasteiger partial charge < -0.3 is 13.9 Å². The van der Waals surface area contributed by atoms with Gasteiger partial charge in [0.1, 0.15) is 5.82 Å². The zero-order valence-corrected chi connectivity index (χ0v) is 37.1. The molecule has 312 valence electrons. The summed E-state index contributed by atoms with van der Waals surface area (Å²) in [6, 6.07) is 43.9. The molecule has 11 aromatic rings. The topological polar surface area (TPSA) is 35.9 Å². The van der Waals surface area contributed by atoms with Crippen molar-refractivity contribution in [1.29, 1.82) is 0 Å². The molecule has 8 aromatic carbocycles. The Hall–Kier alpha value is -7.33. The summed E-state index contributed by atoms with van der Waals surface area (Å²) in [5.74, 6) is 1.52. The Balaban J connectivity index is 0.00000626. The average molecular weight is 1020 g/mol.